The van der Waals surface area contributed by atoms with E-state index in [0.29, 0.717) is 18.4 Å². The average Bonchev–Trinajstić information content (AvgIpc) is 2.85. The van der Waals surface area contributed by atoms with Crippen molar-refractivity contribution < 1.29 is 9.26 Å². The first kappa shape index (κ1) is 12.5. The van der Waals surface area contributed by atoms with Gasteiger partial charge in [0.25, 0.3) is 0 Å². The molecule has 1 aromatic heterocycles. The molecular formula is C12H21N3O2. The molecule has 96 valence electrons. The predicted molar refractivity (Wildman–Crippen MR) is 63.6 cm³/mol. The molecule has 0 spiro atoms. The van der Waals surface area contributed by atoms with Gasteiger partial charge in [-0.1, -0.05) is 5.16 Å². The molecule has 1 heterocycles. The van der Waals surface area contributed by atoms with Crippen molar-refractivity contribution in [3.8, 4) is 0 Å². The van der Waals surface area contributed by atoms with Crippen molar-refractivity contribution >= 4 is 0 Å². The number of rotatable bonds is 5. The van der Waals surface area contributed by atoms with Gasteiger partial charge in [0.2, 0.25) is 5.89 Å². The fourth-order valence-corrected chi connectivity index (χ4v) is 2.37. The fourth-order valence-electron chi connectivity index (χ4n) is 2.37. The summed E-state index contributed by atoms with van der Waals surface area (Å²) in [4.78, 5) is 4.43. The maximum Gasteiger partial charge on any atom is 0.229 e. The van der Waals surface area contributed by atoms with Crippen LogP contribution in [0.5, 0.6) is 0 Å². The molecule has 2 rings (SSSR count). The van der Waals surface area contributed by atoms with Crippen LogP contribution in [0.25, 0.3) is 0 Å². The Kier molecular flexibility index (Phi) is 4.50. The summed E-state index contributed by atoms with van der Waals surface area (Å²) in [7, 11) is 1.68. The molecule has 1 aliphatic carbocycles. The van der Waals surface area contributed by atoms with E-state index in [4.69, 9.17) is 15.0 Å². The van der Waals surface area contributed by atoms with Crippen LogP contribution < -0.4 is 5.73 Å². The van der Waals surface area contributed by atoms with Crippen molar-refractivity contribution in [1.82, 2.24) is 10.1 Å². The van der Waals surface area contributed by atoms with Crippen molar-refractivity contribution in [3.63, 3.8) is 0 Å². The Bertz CT molecular complexity index is 332. The fraction of sp³-hybridized carbons (Fsp3) is 0.833. The molecule has 0 aliphatic heterocycles. The molecule has 5 nitrogen and oxygen atoms in total. The van der Waals surface area contributed by atoms with Gasteiger partial charge in [-0.3, -0.25) is 0 Å². The highest BCUT2D eigenvalue weighted by Gasteiger charge is 2.25. The monoisotopic (exact) mass is 239 g/mol. The third-order valence-electron chi connectivity index (χ3n) is 3.54. The number of aromatic nitrogens is 2. The SMILES string of the molecule is COCCc1noc(C2CCC(CN)CC2)n1. The largest absolute Gasteiger partial charge is 0.384 e. The minimum atomic E-state index is 0.432. The van der Waals surface area contributed by atoms with Crippen LogP contribution in [0.1, 0.15) is 43.3 Å². The first-order valence-corrected chi connectivity index (χ1v) is 6.35. The average molecular weight is 239 g/mol. The van der Waals surface area contributed by atoms with Crippen LogP contribution in [0.4, 0.5) is 0 Å². The van der Waals surface area contributed by atoms with E-state index < -0.39 is 0 Å². The number of hydrogen-bond donors (Lipinski definition) is 1. The summed E-state index contributed by atoms with van der Waals surface area (Å²) in [6.07, 6.45) is 5.31. The van der Waals surface area contributed by atoms with Crippen molar-refractivity contribution in [1.29, 1.82) is 0 Å². The summed E-state index contributed by atoms with van der Waals surface area (Å²) >= 11 is 0. The second kappa shape index (κ2) is 6.12. The maximum atomic E-state index is 5.68. The molecule has 0 unspecified atom stereocenters. The Morgan fingerprint density at radius 3 is 2.76 bits per heavy atom. The molecule has 2 N–H and O–H groups in total. The highest BCUT2D eigenvalue weighted by atomic mass is 16.5. The summed E-state index contributed by atoms with van der Waals surface area (Å²) in [6.45, 7) is 1.44. The number of ether oxygens (including phenoxy) is 1. The quantitative estimate of drug-likeness (QED) is 0.842. The third kappa shape index (κ3) is 3.26. The molecular weight excluding hydrogens is 218 g/mol. The van der Waals surface area contributed by atoms with Crippen molar-refractivity contribution in [2.75, 3.05) is 20.3 Å². The van der Waals surface area contributed by atoms with E-state index in [-0.39, 0.29) is 0 Å². The van der Waals surface area contributed by atoms with Gasteiger partial charge in [0.1, 0.15) is 0 Å². The normalized spacial score (nSPS) is 25.1. The van der Waals surface area contributed by atoms with Crippen LogP contribution in [-0.2, 0) is 11.2 Å². The van der Waals surface area contributed by atoms with Crippen LogP contribution in [0.2, 0.25) is 0 Å². The Hall–Kier alpha value is -0.940. The molecule has 17 heavy (non-hydrogen) atoms. The third-order valence-corrected chi connectivity index (χ3v) is 3.54. The molecule has 1 saturated carbocycles. The van der Waals surface area contributed by atoms with E-state index >= 15 is 0 Å². The first-order chi connectivity index (χ1) is 8.33. The van der Waals surface area contributed by atoms with Gasteiger partial charge >= 0.3 is 0 Å². The van der Waals surface area contributed by atoms with E-state index in [2.05, 4.69) is 10.1 Å². The zero-order valence-electron chi connectivity index (χ0n) is 10.4. The lowest BCUT2D eigenvalue weighted by molar-refractivity contribution is 0.199. The number of nitrogens with two attached hydrogens (primary N) is 1. The van der Waals surface area contributed by atoms with Gasteiger partial charge in [-0.15, -0.1) is 0 Å². The van der Waals surface area contributed by atoms with Gasteiger partial charge in [-0.25, -0.2) is 0 Å². The lowest BCUT2D eigenvalue weighted by atomic mass is 9.82. The van der Waals surface area contributed by atoms with Crippen molar-refractivity contribution in [2.45, 2.75) is 38.0 Å². The van der Waals surface area contributed by atoms with Crippen molar-refractivity contribution in [3.05, 3.63) is 11.7 Å². The molecule has 0 bridgehead atoms. The summed E-state index contributed by atoms with van der Waals surface area (Å²) in [5.74, 6) is 2.66. The number of methoxy groups -OCH3 is 1. The van der Waals surface area contributed by atoms with Gasteiger partial charge in [-0.05, 0) is 38.1 Å². The standard InChI is InChI=1S/C12H21N3O2/c1-16-7-6-11-14-12(17-15-11)10-4-2-9(8-13)3-5-10/h9-10H,2-8,13H2,1H3. The molecule has 1 aliphatic rings. The van der Waals surface area contributed by atoms with E-state index in [1.54, 1.807) is 7.11 Å². The van der Waals surface area contributed by atoms with Crippen LogP contribution in [0.15, 0.2) is 4.52 Å². The topological polar surface area (TPSA) is 74.2 Å². The van der Waals surface area contributed by atoms with E-state index in [0.717, 1.165) is 37.5 Å². The molecule has 0 radical (unpaired) electrons. The van der Waals surface area contributed by atoms with Crippen LogP contribution in [-0.4, -0.2) is 30.4 Å². The predicted octanol–water partition coefficient (Wildman–Crippen LogP) is 1.49. The van der Waals surface area contributed by atoms with Crippen LogP contribution >= 0.6 is 0 Å². The smallest absolute Gasteiger partial charge is 0.229 e. The van der Waals surface area contributed by atoms with Gasteiger partial charge in [-0.2, -0.15) is 4.98 Å². The van der Waals surface area contributed by atoms with E-state index in [1.165, 1.54) is 12.8 Å². The van der Waals surface area contributed by atoms with Gasteiger partial charge < -0.3 is 15.0 Å². The minimum Gasteiger partial charge on any atom is -0.384 e. The summed E-state index contributed by atoms with van der Waals surface area (Å²) < 4.78 is 10.3. The van der Waals surface area contributed by atoms with E-state index in [1.807, 2.05) is 0 Å². The van der Waals surface area contributed by atoms with Gasteiger partial charge in [0.15, 0.2) is 5.82 Å². The molecule has 1 aromatic rings. The molecule has 5 heteroatoms. The lowest BCUT2D eigenvalue weighted by Crippen LogP contribution is -2.20. The summed E-state index contributed by atoms with van der Waals surface area (Å²) in [5.41, 5.74) is 5.68. The van der Waals surface area contributed by atoms with Crippen LogP contribution in [0, 0.1) is 5.92 Å². The number of nitrogens with zero attached hydrogens (tertiary/aromatic N) is 2. The molecule has 0 aromatic carbocycles. The Morgan fingerprint density at radius 2 is 2.12 bits per heavy atom. The summed E-state index contributed by atoms with van der Waals surface area (Å²) in [5, 5.41) is 3.98. The first-order valence-electron chi connectivity index (χ1n) is 6.35. The molecule has 1 fully saturated rings. The Balaban J connectivity index is 1.87. The highest BCUT2D eigenvalue weighted by Crippen LogP contribution is 2.34. The summed E-state index contributed by atoms with van der Waals surface area (Å²) in [6, 6.07) is 0. The van der Waals surface area contributed by atoms with Crippen molar-refractivity contribution in [2.24, 2.45) is 11.7 Å². The Labute approximate surface area is 102 Å². The second-order valence-corrected chi connectivity index (χ2v) is 4.74. The Morgan fingerprint density at radius 1 is 1.35 bits per heavy atom. The molecule has 0 atom stereocenters. The molecule has 0 amide bonds. The maximum absolute atomic E-state index is 5.68. The zero-order valence-corrected chi connectivity index (χ0v) is 10.4. The molecule has 0 saturated heterocycles. The number of hydrogen-bond acceptors (Lipinski definition) is 5. The minimum absolute atomic E-state index is 0.432. The van der Waals surface area contributed by atoms with E-state index in [9.17, 15) is 0 Å². The lowest BCUT2D eigenvalue weighted by Gasteiger charge is -2.24. The highest BCUT2D eigenvalue weighted by molar-refractivity contribution is 4.96. The zero-order chi connectivity index (χ0) is 12.1. The second-order valence-electron chi connectivity index (χ2n) is 4.74. The van der Waals surface area contributed by atoms with Gasteiger partial charge in [0, 0.05) is 19.4 Å². The van der Waals surface area contributed by atoms with Crippen LogP contribution in [0.3, 0.4) is 0 Å². The van der Waals surface area contributed by atoms with Gasteiger partial charge in [0.05, 0.1) is 6.61 Å².